The molecule has 0 radical (unpaired) electrons. The van der Waals surface area contributed by atoms with Crippen LogP contribution in [0, 0.1) is 5.41 Å². The highest BCUT2D eigenvalue weighted by Crippen LogP contribution is 2.19. The molecular formula is C25H41N3O5. The SMILES string of the molecule is COC(C)(Cc1cccc(CC(=O)NC(CCCCNC(C)=N)C(=O)OC(C)(C)C)c1)OC. The summed E-state index contributed by atoms with van der Waals surface area (Å²) < 4.78 is 16.4. The number of unbranched alkanes of at least 4 members (excludes halogenated alkanes) is 1. The van der Waals surface area contributed by atoms with E-state index in [0.29, 0.717) is 31.6 Å². The number of rotatable bonds is 13. The number of hydrogen-bond acceptors (Lipinski definition) is 6. The van der Waals surface area contributed by atoms with Gasteiger partial charge in [0.15, 0.2) is 5.79 Å². The van der Waals surface area contributed by atoms with Gasteiger partial charge in [-0.15, -0.1) is 0 Å². The van der Waals surface area contributed by atoms with Crippen molar-refractivity contribution in [1.82, 2.24) is 10.6 Å². The topological polar surface area (TPSA) is 110 Å². The molecular weight excluding hydrogens is 422 g/mol. The minimum Gasteiger partial charge on any atom is -0.458 e. The maximum absolute atomic E-state index is 12.8. The van der Waals surface area contributed by atoms with Crippen molar-refractivity contribution in [2.75, 3.05) is 20.8 Å². The molecule has 0 aliphatic carbocycles. The smallest absolute Gasteiger partial charge is 0.329 e. The third-order valence-corrected chi connectivity index (χ3v) is 5.08. The molecule has 1 amide bonds. The van der Waals surface area contributed by atoms with Crippen LogP contribution in [0.5, 0.6) is 0 Å². The zero-order chi connectivity index (χ0) is 25.1. The fraction of sp³-hybridized carbons (Fsp3) is 0.640. The van der Waals surface area contributed by atoms with Crippen LogP contribution in [0.25, 0.3) is 0 Å². The Morgan fingerprint density at radius 2 is 1.70 bits per heavy atom. The lowest BCUT2D eigenvalue weighted by atomic mass is 10.0. The van der Waals surface area contributed by atoms with Crippen LogP contribution >= 0.6 is 0 Å². The lowest BCUT2D eigenvalue weighted by molar-refractivity contribution is -0.191. The highest BCUT2D eigenvalue weighted by Gasteiger charge is 2.27. The third kappa shape index (κ3) is 11.8. The quantitative estimate of drug-likeness (QED) is 0.136. The van der Waals surface area contributed by atoms with E-state index in [1.165, 1.54) is 0 Å². The highest BCUT2D eigenvalue weighted by atomic mass is 16.7. The third-order valence-electron chi connectivity index (χ3n) is 5.08. The lowest BCUT2D eigenvalue weighted by Crippen LogP contribution is -2.44. The van der Waals surface area contributed by atoms with Crippen molar-refractivity contribution in [2.24, 2.45) is 0 Å². The number of methoxy groups -OCH3 is 2. The van der Waals surface area contributed by atoms with Gasteiger partial charge in [-0.3, -0.25) is 10.2 Å². The van der Waals surface area contributed by atoms with E-state index >= 15 is 0 Å². The molecule has 1 atom stereocenters. The van der Waals surface area contributed by atoms with Gasteiger partial charge in [0.1, 0.15) is 11.6 Å². The average Bonchev–Trinajstić information content (AvgIpc) is 2.71. The van der Waals surface area contributed by atoms with Crippen LogP contribution in [-0.2, 0) is 36.6 Å². The summed E-state index contributed by atoms with van der Waals surface area (Å²) in [5, 5.41) is 13.2. The zero-order valence-corrected chi connectivity index (χ0v) is 21.2. The first-order valence-electron chi connectivity index (χ1n) is 11.4. The number of hydrogen-bond donors (Lipinski definition) is 3. The number of ether oxygens (including phenoxy) is 3. The summed E-state index contributed by atoms with van der Waals surface area (Å²) in [6, 6.07) is 6.97. The summed E-state index contributed by atoms with van der Waals surface area (Å²) in [6.07, 6.45) is 2.66. The maximum Gasteiger partial charge on any atom is 0.329 e. The van der Waals surface area contributed by atoms with E-state index in [2.05, 4.69) is 10.6 Å². The molecule has 0 heterocycles. The summed E-state index contributed by atoms with van der Waals surface area (Å²) in [6.45, 7) is 9.61. The first-order valence-corrected chi connectivity index (χ1v) is 11.4. The van der Waals surface area contributed by atoms with Crippen molar-refractivity contribution >= 4 is 17.7 Å². The second kappa shape index (κ2) is 13.3. The number of nitrogens with one attached hydrogen (secondary N) is 3. The molecule has 8 nitrogen and oxygen atoms in total. The summed E-state index contributed by atoms with van der Waals surface area (Å²) >= 11 is 0. The summed E-state index contributed by atoms with van der Waals surface area (Å²) in [5.41, 5.74) is 1.19. The Morgan fingerprint density at radius 3 is 2.27 bits per heavy atom. The lowest BCUT2D eigenvalue weighted by Gasteiger charge is -2.26. The van der Waals surface area contributed by atoms with E-state index < -0.39 is 23.4 Å². The highest BCUT2D eigenvalue weighted by molar-refractivity contribution is 5.85. The van der Waals surface area contributed by atoms with Gasteiger partial charge in [0.25, 0.3) is 0 Å². The molecule has 0 spiro atoms. The van der Waals surface area contributed by atoms with Crippen LogP contribution < -0.4 is 10.6 Å². The molecule has 0 saturated carbocycles. The largest absolute Gasteiger partial charge is 0.458 e. The van der Waals surface area contributed by atoms with Gasteiger partial charge in [-0.2, -0.15) is 0 Å². The molecule has 8 heteroatoms. The predicted molar refractivity (Wildman–Crippen MR) is 129 cm³/mol. The maximum atomic E-state index is 12.8. The molecule has 1 rings (SSSR count). The van der Waals surface area contributed by atoms with E-state index in [1.54, 1.807) is 41.9 Å². The van der Waals surface area contributed by atoms with E-state index in [1.807, 2.05) is 31.2 Å². The Morgan fingerprint density at radius 1 is 1.06 bits per heavy atom. The number of carbonyl (C=O) groups excluding carboxylic acids is 2. The van der Waals surface area contributed by atoms with Gasteiger partial charge in [0, 0.05) is 27.2 Å². The molecule has 1 unspecified atom stereocenters. The number of amidine groups is 1. The second-order valence-electron chi connectivity index (χ2n) is 9.42. The van der Waals surface area contributed by atoms with Gasteiger partial charge in [-0.05, 0) is 65.0 Å². The number of amides is 1. The molecule has 0 aliphatic heterocycles. The van der Waals surface area contributed by atoms with Crippen molar-refractivity contribution in [3.63, 3.8) is 0 Å². The summed E-state index contributed by atoms with van der Waals surface area (Å²) in [4.78, 5) is 25.5. The first-order chi connectivity index (χ1) is 15.4. The molecule has 0 aromatic heterocycles. The Labute approximate surface area is 198 Å². The first kappa shape index (κ1) is 28.6. The Bertz CT molecular complexity index is 784. The van der Waals surface area contributed by atoms with Crippen molar-refractivity contribution < 1.29 is 23.8 Å². The van der Waals surface area contributed by atoms with Gasteiger partial charge in [0.05, 0.1) is 12.3 Å². The van der Waals surface area contributed by atoms with Crippen LogP contribution in [0.2, 0.25) is 0 Å². The molecule has 0 fully saturated rings. The number of esters is 1. The Balaban J connectivity index is 2.78. The van der Waals surface area contributed by atoms with Crippen LogP contribution in [-0.4, -0.2) is 55.9 Å². The van der Waals surface area contributed by atoms with Gasteiger partial charge in [-0.25, -0.2) is 4.79 Å². The van der Waals surface area contributed by atoms with E-state index in [9.17, 15) is 9.59 Å². The Kier molecular flexibility index (Phi) is 11.5. The molecule has 3 N–H and O–H groups in total. The molecule has 1 aromatic rings. The van der Waals surface area contributed by atoms with Crippen LogP contribution in [0.3, 0.4) is 0 Å². The summed E-state index contributed by atoms with van der Waals surface area (Å²) in [7, 11) is 3.19. The van der Waals surface area contributed by atoms with Gasteiger partial charge < -0.3 is 24.8 Å². The standard InChI is InChI=1S/C25H41N3O5/c1-18(26)27-14-9-8-13-21(23(30)33-24(2,3)4)28-22(29)16-19-11-10-12-20(15-19)17-25(5,31-6)32-7/h10-12,15,21H,8-9,13-14,16-17H2,1-7H3,(H2,26,27)(H,28,29). The van der Waals surface area contributed by atoms with Gasteiger partial charge >= 0.3 is 5.97 Å². The van der Waals surface area contributed by atoms with Crippen LogP contribution in [0.1, 0.15) is 65.0 Å². The van der Waals surface area contributed by atoms with Crippen molar-refractivity contribution in [2.45, 2.75) is 84.2 Å². The molecule has 0 aliphatic rings. The number of carbonyl (C=O) groups is 2. The van der Waals surface area contributed by atoms with Gasteiger partial charge in [0.2, 0.25) is 5.91 Å². The minimum absolute atomic E-state index is 0.151. The zero-order valence-electron chi connectivity index (χ0n) is 21.2. The Hall–Kier alpha value is -2.45. The molecule has 1 aromatic carbocycles. The molecule has 186 valence electrons. The predicted octanol–water partition coefficient (Wildman–Crippen LogP) is 3.36. The van der Waals surface area contributed by atoms with Crippen molar-refractivity contribution in [3.8, 4) is 0 Å². The van der Waals surface area contributed by atoms with E-state index in [0.717, 1.165) is 17.5 Å². The average molecular weight is 464 g/mol. The van der Waals surface area contributed by atoms with E-state index in [-0.39, 0.29) is 12.3 Å². The minimum atomic E-state index is -0.742. The fourth-order valence-corrected chi connectivity index (χ4v) is 3.25. The fourth-order valence-electron chi connectivity index (χ4n) is 3.25. The monoisotopic (exact) mass is 463 g/mol. The second-order valence-corrected chi connectivity index (χ2v) is 9.42. The van der Waals surface area contributed by atoms with Crippen molar-refractivity contribution in [1.29, 1.82) is 5.41 Å². The molecule has 33 heavy (non-hydrogen) atoms. The van der Waals surface area contributed by atoms with Gasteiger partial charge in [-0.1, -0.05) is 24.3 Å². The molecule has 0 saturated heterocycles. The molecule has 0 bridgehead atoms. The summed E-state index contributed by atoms with van der Waals surface area (Å²) in [5.74, 6) is -1.01. The van der Waals surface area contributed by atoms with E-state index in [4.69, 9.17) is 19.6 Å². The van der Waals surface area contributed by atoms with Crippen LogP contribution in [0.4, 0.5) is 0 Å². The number of benzene rings is 1. The van der Waals surface area contributed by atoms with Crippen molar-refractivity contribution in [3.05, 3.63) is 35.4 Å². The normalized spacial score (nSPS) is 12.7. The van der Waals surface area contributed by atoms with Crippen LogP contribution in [0.15, 0.2) is 24.3 Å².